The summed E-state index contributed by atoms with van der Waals surface area (Å²) in [6.45, 7) is 14.9. The van der Waals surface area contributed by atoms with E-state index in [4.69, 9.17) is 8.83 Å². The van der Waals surface area contributed by atoms with Crippen molar-refractivity contribution in [2.24, 2.45) is 10.8 Å². The summed E-state index contributed by atoms with van der Waals surface area (Å²) in [5.74, 6) is 0. The average Bonchev–Trinajstić information content (AvgIpc) is 1.53. The topological polar surface area (TPSA) is 32.8 Å². The van der Waals surface area contributed by atoms with Gasteiger partial charge in [-0.1, -0.05) is 254 Å². The van der Waals surface area contributed by atoms with Gasteiger partial charge in [-0.25, -0.2) is 0 Å². The highest BCUT2D eigenvalue weighted by Gasteiger charge is 2.59. The van der Waals surface area contributed by atoms with Crippen molar-refractivity contribution in [1.82, 2.24) is 0 Å². The Morgan fingerprint density at radius 1 is 0.294 bits per heavy atom. The lowest BCUT2D eigenvalue weighted by atomic mass is 9.49. The van der Waals surface area contributed by atoms with Gasteiger partial charge in [0, 0.05) is 49.2 Å². The number of hydrogen-bond donors (Lipinski definition) is 0. The molecule has 0 N–H and O–H groups in total. The third-order valence-electron chi connectivity index (χ3n) is 18.5. The molecule has 0 amide bonds. The lowest BCUT2D eigenvalue weighted by Gasteiger charge is -2.53. The quantitative estimate of drug-likeness (QED) is 0.142. The van der Waals surface area contributed by atoms with Crippen molar-refractivity contribution in [2.45, 2.75) is 47.0 Å². The van der Waals surface area contributed by atoms with Gasteiger partial charge in [-0.15, -0.1) is 0 Å². The summed E-state index contributed by atoms with van der Waals surface area (Å²) in [6.07, 6.45) is 0. The van der Waals surface area contributed by atoms with Gasteiger partial charge in [0.15, 0.2) is 11.2 Å². The lowest BCUT2D eigenvalue weighted by molar-refractivity contribution is 0.0965. The van der Waals surface area contributed by atoms with E-state index in [1.165, 1.54) is 49.2 Å². The highest BCUT2D eigenvalue weighted by molar-refractivity contribution is 6.24. The van der Waals surface area contributed by atoms with Crippen LogP contribution in [0.25, 0.3) is 110 Å². The van der Waals surface area contributed by atoms with Crippen LogP contribution < -0.4 is 9.80 Å². The Hall–Kier alpha value is -10.2. The first kappa shape index (κ1) is 50.6. The molecule has 0 aliphatic heterocycles. The number of para-hydroxylation sites is 6. The second-order valence-electron chi connectivity index (χ2n) is 25.1. The van der Waals surface area contributed by atoms with E-state index in [2.05, 4.69) is 318 Å². The van der Waals surface area contributed by atoms with E-state index in [-0.39, 0.29) is 10.8 Å². The van der Waals surface area contributed by atoms with Crippen LogP contribution in [0.2, 0.25) is 0 Å². The van der Waals surface area contributed by atoms with Gasteiger partial charge in [-0.3, -0.25) is 0 Å². The third kappa shape index (κ3) is 7.41. The molecule has 4 nitrogen and oxygen atoms in total. The first-order valence-electron chi connectivity index (χ1n) is 29.7. The minimum atomic E-state index is -0.567. The van der Waals surface area contributed by atoms with Crippen LogP contribution in [-0.2, 0) is 5.41 Å². The number of benzene rings is 13. The number of anilines is 6. The molecular weight excluding hydrogens is 1030 g/mol. The maximum Gasteiger partial charge on any atom is 0.159 e. The Labute approximate surface area is 495 Å². The highest BCUT2D eigenvalue weighted by atomic mass is 16.3. The Kier molecular flexibility index (Phi) is 11.3. The molecule has 15 aromatic rings. The van der Waals surface area contributed by atoms with Crippen molar-refractivity contribution in [1.29, 1.82) is 0 Å². The van der Waals surface area contributed by atoms with E-state index in [1.54, 1.807) is 0 Å². The van der Waals surface area contributed by atoms with Crippen molar-refractivity contribution < 1.29 is 8.83 Å². The second-order valence-corrected chi connectivity index (χ2v) is 25.1. The van der Waals surface area contributed by atoms with Crippen LogP contribution in [0.1, 0.15) is 52.7 Å². The predicted molar refractivity (Wildman–Crippen MR) is 359 cm³/mol. The predicted octanol–water partition coefficient (Wildman–Crippen LogP) is 23.6. The van der Waals surface area contributed by atoms with E-state index in [0.29, 0.717) is 0 Å². The number of hydrogen-bond acceptors (Lipinski definition) is 4. The summed E-state index contributed by atoms with van der Waals surface area (Å²) >= 11 is 0. The maximum absolute atomic E-state index is 7.05. The minimum absolute atomic E-state index is 0.331. The zero-order chi connectivity index (χ0) is 57.3. The number of furan rings is 2. The summed E-state index contributed by atoms with van der Waals surface area (Å²) in [5, 5.41) is 11.7. The fraction of sp³-hybridized carbons (Fsp3) is 0.111. The summed E-state index contributed by atoms with van der Waals surface area (Å²) in [4.78, 5) is 4.95. The van der Waals surface area contributed by atoms with E-state index < -0.39 is 5.41 Å². The van der Waals surface area contributed by atoms with Gasteiger partial charge in [0.25, 0.3) is 0 Å². The summed E-state index contributed by atoms with van der Waals surface area (Å²) in [6, 6.07) is 97.6. The molecule has 4 heteroatoms. The Bertz CT molecular complexity index is 5150. The van der Waals surface area contributed by atoms with E-state index in [0.717, 1.165) is 106 Å². The van der Waals surface area contributed by atoms with Crippen LogP contribution in [0.4, 0.5) is 34.1 Å². The van der Waals surface area contributed by atoms with Crippen molar-refractivity contribution in [2.75, 3.05) is 9.80 Å². The second kappa shape index (κ2) is 18.9. The number of rotatable bonds is 8. The Balaban J connectivity index is 1.02. The van der Waals surface area contributed by atoms with Gasteiger partial charge in [0.1, 0.15) is 11.2 Å². The van der Waals surface area contributed by atoms with E-state index >= 15 is 0 Å². The molecular formula is C81H62N2O2. The molecule has 13 aromatic carbocycles. The summed E-state index contributed by atoms with van der Waals surface area (Å²) in [7, 11) is 0. The largest absolute Gasteiger partial charge is 0.454 e. The smallest absolute Gasteiger partial charge is 0.159 e. The van der Waals surface area contributed by atoms with E-state index in [1.807, 2.05) is 0 Å². The fourth-order valence-corrected chi connectivity index (χ4v) is 15.6. The Morgan fingerprint density at radius 3 is 1.27 bits per heavy atom. The van der Waals surface area contributed by atoms with Gasteiger partial charge in [-0.2, -0.15) is 0 Å². The molecule has 1 aliphatic carbocycles. The zero-order valence-electron chi connectivity index (χ0n) is 48.6. The molecule has 85 heavy (non-hydrogen) atoms. The normalized spacial score (nSPS) is 13.2. The van der Waals surface area contributed by atoms with Gasteiger partial charge >= 0.3 is 0 Å². The summed E-state index contributed by atoms with van der Waals surface area (Å²) < 4.78 is 14.0. The van der Waals surface area contributed by atoms with Crippen LogP contribution in [0.15, 0.2) is 276 Å². The van der Waals surface area contributed by atoms with Crippen molar-refractivity contribution >= 4 is 110 Å². The average molecular weight is 1100 g/mol. The van der Waals surface area contributed by atoms with Gasteiger partial charge in [0.05, 0.1) is 28.4 Å². The zero-order valence-corrected chi connectivity index (χ0v) is 48.6. The SMILES string of the molecule is CC(C)(C)C1(C(C)(C)C)c2cc(N(c3ccccc3-c3ccccc3)c3cccc4c3oc3ccccc34)c3ccccc3c2-c2c1c1ccc(N(c3ccccc3-c3ccccc3)c3cccc4c3oc3ccccc34)cc1c1ccccc21. The molecule has 0 saturated heterocycles. The van der Waals surface area contributed by atoms with Crippen LogP contribution in [0.3, 0.4) is 0 Å². The first-order chi connectivity index (χ1) is 41.5. The minimum Gasteiger partial charge on any atom is -0.454 e. The molecule has 0 saturated carbocycles. The number of fused-ring (bicyclic) bond motifs is 16. The molecule has 408 valence electrons. The molecule has 0 bridgehead atoms. The van der Waals surface area contributed by atoms with Crippen molar-refractivity contribution in [3.05, 3.63) is 278 Å². The van der Waals surface area contributed by atoms with E-state index in [9.17, 15) is 0 Å². The molecule has 0 atom stereocenters. The molecule has 0 spiro atoms. The first-order valence-corrected chi connectivity index (χ1v) is 29.7. The van der Waals surface area contributed by atoms with Crippen molar-refractivity contribution in [3.63, 3.8) is 0 Å². The standard InChI is InChI=1S/C81H62N2O2/c1-79(2,3)81(80(4,5)6)66-50-71(83(68-42-22-18-32-55(68)52-29-11-8-12-30-52)70-44-26-40-64-59-36-20-24-46-73(59)85-78(64)70)57-34-14-16-38-61(57)74(66)75-60-37-15-13-33-56(60)65-49-53(47-48-62(65)76(75)81)82(67-41-21-17-31-54(67)51-27-9-7-10-28-51)69-43-25-39-63-58-35-19-23-45-72(58)84-77(63)69/h7-50H,1-6H3. The van der Waals surface area contributed by atoms with Crippen LogP contribution in [-0.4, -0.2) is 0 Å². The monoisotopic (exact) mass is 1090 g/mol. The Morgan fingerprint density at radius 2 is 0.718 bits per heavy atom. The molecule has 0 fully saturated rings. The molecule has 2 aromatic heterocycles. The van der Waals surface area contributed by atoms with Crippen molar-refractivity contribution in [3.8, 4) is 33.4 Å². The third-order valence-corrected chi connectivity index (χ3v) is 18.5. The van der Waals surface area contributed by atoms with Gasteiger partial charge in [-0.05, 0) is 126 Å². The molecule has 0 radical (unpaired) electrons. The van der Waals surface area contributed by atoms with Crippen LogP contribution in [0, 0.1) is 10.8 Å². The molecule has 16 rings (SSSR count). The highest BCUT2D eigenvalue weighted by Crippen LogP contribution is 2.69. The molecule has 1 aliphatic rings. The molecule has 2 heterocycles. The fourth-order valence-electron chi connectivity index (χ4n) is 15.6. The van der Waals surface area contributed by atoms with Crippen LogP contribution in [0.5, 0.6) is 0 Å². The summed E-state index contributed by atoms with van der Waals surface area (Å²) in [5.41, 5.74) is 18.3. The molecule has 0 unspecified atom stereocenters. The van der Waals surface area contributed by atoms with Gasteiger partial charge in [0.2, 0.25) is 0 Å². The number of nitrogens with zero attached hydrogens (tertiary/aromatic N) is 2. The lowest BCUT2D eigenvalue weighted by Crippen LogP contribution is -2.50. The maximum atomic E-state index is 7.05. The van der Waals surface area contributed by atoms with Gasteiger partial charge < -0.3 is 18.6 Å². The van der Waals surface area contributed by atoms with Crippen LogP contribution >= 0.6 is 0 Å².